The third kappa shape index (κ3) is 3.58. The molecule has 2 aromatic carbocycles. The summed E-state index contributed by atoms with van der Waals surface area (Å²) in [5.41, 5.74) is 0.726. The van der Waals surface area contributed by atoms with Crippen molar-refractivity contribution in [2.75, 3.05) is 0 Å². The maximum absolute atomic E-state index is 13.5. The molecule has 0 spiro atoms. The Morgan fingerprint density at radius 3 is 2.62 bits per heavy atom. The van der Waals surface area contributed by atoms with Crippen molar-refractivity contribution in [3.05, 3.63) is 63.1 Å². The van der Waals surface area contributed by atoms with E-state index < -0.39 is 17.6 Å². The number of rotatable bonds is 4. The van der Waals surface area contributed by atoms with E-state index in [1.165, 1.54) is 12.1 Å². The minimum atomic E-state index is -1.14. The Morgan fingerprint density at radius 2 is 2.00 bits per heavy atom. The van der Waals surface area contributed by atoms with Crippen LogP contribution in [0.2, 0.25) is 0 Å². The van der Waals surface area contributed by atoms with E-state index in [-0.39, 0.29) is 23.5 Å². The molecular formula is C15H11BrF2O3. The van der Waals surface area contributed by atoms with Crippen molar-refractivity contribution in [2.45, 2.75) is 13.5 Å². The zero-order chi connectivity index (χ0) is 15.6. The summed E-state index contributed by atoms with van der Waals surface area (Å²) in [6.45, 7) is 1.50. The molecule has 0 amide bonds. The quantitative estimate of drug-likeness (QED) is 0.887. The molecule has 0 fully saturated rings. The van der Waals surface area contributed by atoms with Crippen LogP contribution in [0.15, 0.2) is 34.8 Å². The van der Waals surface area contributed by atoms with Crippen molar-refractivity contribution in [3.8, 4) is 5.75 Å². The average molecular weight is 357 g/mol. The molecule has 0 unspecified atom stereocenters. The summed E-state index contributed by atoms with van der Waals surface area (Å²) in [7, 11) is 0. The summed E-state index contributed by atoms with van der Waals surface area (Å²) in [6, 6.07) is 6.24. The number of ether oxygens (including phenoxy) is 1. The van der Waals surface area contributed by atoms with Gasteiger partial charge in [0, 0.05) is 16.1 Å². The number of aromatic carboxylic acids is 1. The van der Waals surface area contributed by atoms with Crippen LogP contribution < -0.4 is 4.74 Å². The van der Waals surface area contributed by atoms with E-state index in [0.29, 0.717) is 10.0 Å². The minimum Gasteiger partial charge on any atom is -0.488 e. The third-order valence-electron chi connectivity index (χ3n) is 2.86. The summed E-state index contributed by atoms with van der Waals surface area (Å²) in [5.74, 6) is -2.40. The third-order valence-corrected chi connectivity index (χ3v) is 3.31. The van der Waals surface area contributed by atoms with Crippen LogP contribution >= 0.6 is 15.9 Å². The van der Waals surface area contributed by atoms with E-state index >= 15 is 0 Å². The molecule has 0 saturated carbocycles. The van der Waals surface area contributed by atoms with Crippen LogP contribution in [-0.2, 0) is 6.61 Å². The van der Waals surface area contributed by atoms with Crippen LogP contribution in [0.5, 0.6) is 5.75 Å². The largest absolute Gasteiger partial charge is 0.488 e. The molecule has 6 heteroatoms. The molecule has 0 atom stereocenters. The zero-order valence-electron chi connectivity index (χ0n) is 11.0. The van der Waals surface area contributed by atoms with Crippen LogP contribution in [0.4, 0.5) is 8.78 Å². The first-order chi connectivity index (χ1) is 9.88. The standard InChI is InChI=1S/C15H11BrF2O3/c1-8-4-10(16)5-12(15(19)20)14(8)21-7-9-2-3-11(17)6-13(9)18/h2-6H,7H2,1H3,(H,19,20). The van der Waals surface area contributed by atoms with Crippen molar-refractivity contribution >= 4 is 21.9 Å². The van der Waals surface area contributed by atoms with Crippen molar-refractivity contribution in [2.24, 2.45) is 0 Å². The van der Waals surface area contributed by atoms with Gasteiger partial charge < -0.3 is 9.84 Å². The van der Waals surface area contributed by atoms with Crippen LogP contribution in [0.25, 0.3) is 0 Å². The van der Waals surface area contributed by atoms with Gasteiger partial charge >= 0.3 is 5.97 Å². The Bertz CT molecular complexity index is 702. The predicted molar refractivity (Wildman–Crippen MR) is 76.5 cm³/mol. The van der Waals surface area contributed by atoms with Gasteiger partial charge in [-0.3, -0.25) is 0 Å². The lowest BCUT2D eigenvalue weighted by atomic mass is 10.1. The molecule has 2 rings (SSSR count). The second kappa shape index (κ2) is 6.22. The first kappa shape index (κ1) is 15.4. The highest BCUT2D eigenvalue weighted by Gasteiger charge is 2.16. The second-order valence-corrected chi connectivity index (χ2v) is 5.34. The lowest BCUT2D eigenvalue weighted by Gasteiger charge is -2.13. The highest BCUT2D eigenvalue weighted by atomic mass is 79.9. The lowest BCUT2D eigenvalue weighted by Crippen LogP contribution is -2.06. The van der Waals surface area contributed by atoms with Crippen molar-refractivity contribution < 1.29 is 23.4 Å². The lowest BCUT2D eigenvalue weighted by molar-refractivity contribution is 0.0691. The number of carbonyl (C=O) groups is 1. The summed E-state index contributed by atoms with van der Waals surface area (Å²) >= 11 is 3.21. The molecule has 0 aliphatic carbocycles. The normalized spacial score (nSPS) is 10.5. The van der Waals surface area contributed by atoms with Gasteiger partial charge in [-0.1, -0.05) is 15.9 Å². The number of hydrogen-bond donors (Lipinski definition) is 1. The van der Waals surface area contributed by atoms with E-state index in [9.17, 15) is 18.7 Å². The van der Waals surface area contributed by atoms with Crippen molar-refractivity contribution in [1.29, 1.82) is 0 Å². The van der Waals surface area contributed by atoms with Gasteiger partial charge in [0.05, 0.1) is 0 Å². The molecule has 0 saturated heterocycles. The van der Waals surface area contributed by atoms with E-state index in [1.807, 2.05) is 0 Å². The fraction of sp³-hybridized carbons (Fsp3) is 0.133. The number of aryl methyl sites for hydroxylation is 1. The van der Waals surface area contributed by atoms with E-state index in [0.717, 1.165) is 12.1 Å². The Balaban J connectivity index is 2.29. The topological polar surface area (TPSA) is 46.5 Å². The van der Waals surface area contributed by atoms with Gasteiger partial charge in [-0.15, -0.1) is 0 Å². The molecule has 2 aromatic rings. The van der Waals surface area contributed by atoms with Gasteiger partial charge in [-0.25, -0.2) is 13.6 Å². The summed E-state index contributed by atoms with van der Waals surface area (Å²) in [6.07, 6.45) is 0. The minimum absolute atomic E-state index is 0.0237. The van der Waals surface area contributed by atoms with Crippen molar-refractivity contribution in [1.82, 2.24) is 0 Å². The Kier molecular flexibility index (Phi) is 4.57. The molecule has 21 heavy (non-hydrogen) atoms. The molecule has 1 N–H and O–H groups in total. The predicted octanol–water partition coefficient (Wildman–Crippen LogP) is 4.31. The molecule has 0 aromatic heterocycles. The van der Waals surface area contributed by atoms with Gasteiger partial charge in [-0.2, -0.15) is 0 Å². The Labute approximate surface area is 128 Å². The zero-order valence-corrected chi connectivity index (χ0v) is 12.6. The fourth-order valence-electron chi connectivity index (χ4n) is 1.87. The molecule has 3 nitrogen and oxygen atoms in total. The average Bonchev–Trinajstić information content (AvgIpc) is 2.38. The molecule has 0 aliphatic heterocycles. The Hall–Kier alpha value is -1.95. The monoisotopic (exact) mass is 356 g/mol. The van der Waals surface area contributed by atoms with Crippen LogP contribution in [0.1, 0.15) is 21.5 Å². The Morgan fingerprint density at radius 1 is 1.29 bits per heavy atom. The maximum Gasteiger partial charge on any atom is 0.339 e. The highest BCUT2D eigenvalue weighted by molar-refractivity contribution is 9.10. The SMILES string of the molecule is Cc1cc(Br)cc(C(=O)O)c1OCc1ccc(F)cc1F. The highest BCUT2D eigenvalue weighted by Crippen LogP contribution is 2.29. The summed E-state index contributed by atoms with van der Waals surface area (Å²) < 4.78 is 32.4. The molecule has 0 bridgehead atoms. The van der Waals surface area contributed by atoms with Gasteiger partial charge in [-0.05, 0) is 36.8 Å². The molecular weight excluding hydrogens is 346 g/mol. The first-order valence-electron chi connectivity index (χ1n) is 5.98. The first-order valence-corrected chi connectivity index (χ1v) is 6.78. The van der Waals surface area contributed by atoms with Crippen molar-refractivity contribution in [3.63, 3.8) is 0 Å². The number of hydrogen-bond acceptors (Lipinski definition) is 2. The summed E-state index contributed by atoms with van der Waals surface area (Å²) in [4.78, 5) is 11.2. The van der Waals surface area contributed by atoms with E-state index in [2.05, 4.69) is 15.9 Å². The smallest absolute Gasteiger partial charge is 0.339 e. The van der Waals surface area contributed by atoms with Crippen LogP contribution in [0, 0.1) is 18.6 Å². The fourth-order valence-corrected chi connectivity index (χ4v) is 2.44. The maximum atomic E-state index is 13.5. The van der Waals surface area contributed by atoms with Gasteiger partial charge in [0.2, 0.25) is 0 Å². The van der Waals surface area contributed by atoms with Crippen LogP contribution in [-0.4, -0.2) is 11.1 Å². The summed E-state index contributed by atoms with van der Waals surface area (Å²) in [5, 5.41) is 9.18. The van der Waals surface area contributed by atoms with E-state index in [4.69, 9.17) is 4.74 Å². The molecule has 110 valence electrons. The number of carboxylic acid groups (broad SMARTS) is 1. The number of carboxylic acids is 1. The van der Waals surface area contributed by atoms with Gasteiger partial charge in [0.1, 0.15) is 29.6 Å². The molecule has 0 heterocycles. The number of benzene rings is 2. The molecule has 0 aliphatic rings. The number of halogens is 3. The van der Waals surface area contributed by atoms with Gasteiger partial charge in [0.25, 0.3) is 0 Å². The van der Waals surface area contributed by atoms with Crippen LogP contribution in [0.3, 0.4) is 0 Å². The van der Waals surface area contributed by atoms with E-state index in [1.54, 1.807) is 13.0 Å². The molecule has 0 radical (unpaired) electrons. The van der Waals surface area contributed by atoms with Gasteiger partial charge in [0.15, 0.2) is 0 Å². The second-order valence-electron chi connectivity index (χ2n) is 4.43.